The van der Waals surface area contributed by atoms with Crippen LogP contribution in [0.5, 0.6) is 0 Å². The largest absolute Gasteiger partial charge is 0.383 e. The molecule has 106 valence electrons. The summed E-state index contributed by atoms with van der Waals surface area (Å²) in [5.41, 5.74) is 1.18. The fraction of sp³-hybridized carbons (Fsp3) is 0.571. The van der Waals surface area contributed by atoms with Crippen molar-refractivity contribution in [1.29, 1.82) is 0 Å². The van der Waals surface area contributed by atoms with E-state index in [9.17, 15) is 0 Å². The van der Waals surface area contributed by atoms with Crippen molar-refractivity contribution in [2.75, 3.05) is 33.4 Å². The maximum atomic E-state index is 5.98. The van der Waals surface area contributed by atoms with E-state index in [1.807, 2.05) is 18.2 Å². The molecule has 1 N–H and O–H groups in total. The van der Waals surface area contributed by atoms with Gasteiger partial charge in [-0.25, -0.2) is 0 Å². The van der Waals surface area contributed by atoms with E-state index >= 15 is 0 Å². The van der Waals surface area contributed by atoms with Gasteiger partial charge in [-0.1, -0.05) is 33.6 Å². The Kier molecular flexibility index (Phi) is 6.10. The number of benzene rings is 1. The Balaban J connectivity index is 1.97. The summed E-state index contributed by atoms with van der Waals surface area (Å²) < 4.78 is 11.9. The van der Waals surface area contributed by atoms with Crippen molar-refractivity contribution < 1.29 is 9.47 Å². The van der Waals surface area contributed by atoms with Crippen LogP contribution in [0.15, 0.2) is 22.7 Å². The Hall–Kier alpha value is -0.130. The van der Waals surface area contributed by atoms with E-state index in [4.69, 9.17) is 21.1 Å². The molecule has 2 unspecified atom stereocenters. The molecular formula is C14H19BrClNO2. The SMILES string of the molecule is COCCNCC1CCOC1c1ccc(Cl)cc1Br. The van der Waals surface area contributed by atoms with Crippen LogP contribution in [0.2, 0.25) is 5.02 Å². The second-order valence-electron chi connectivity index (χ2n) is 4.70. The zero-order chi connectivity index (χ0) is 13.7. The second kappa shape index (κ2) is 7.60. The lowest BCUT2D eigenvalue weighted by molar-refractivity contribution is 0.0893. The number of ether oxygens (including phenoxy) is 2. The summed E-state index contributed by atoms with van der Waals surface area (Å²) in [7, 11) is 1.72. The second-order valence-corrected chi connectivity index (χ2v) is 5.99. The molecule has 1 heterocycles. The monoisotopic (exact) mass is 347 g/mol. The lowest BCUT2D eigenvalue weighted by Gasteiger charge is -2.20. The average Bonchev–Trinajstić information content (AvgIpc) is 2.83. The van der Waals surface area contributed by atoms with Crippen LogP contribution in [0.25, 0.3) is 0 Å². The average molecular weight is 349 g/mol. The van der Waals surface area contributed by atoms with Gasteiger partial charge >= 0.3 is 0 Å². The van der Waals surface area contributed by atoms with E-state index in [2.05, 4.69) is 21.2 Å². The lowest BCUT2D eigenvalue weighted by Crippen LogP contribution is -2.27. The van der Waals surface area contributed by atoms with E-state index in [-0.39, 0.29) is 6.10 Å². The number of methoxy groups -OCH3 is 1. The van der Waals surface area contributed by atoms with E-state index in [1.54, 1.807) is 7.11 Å². The molecular weight excluding hydrogens is 330 g/mol. The van der Waals surface area contributed by atoms with Crippen LogP contribution in [0.1, 0.15) is 18.1 Å². The number of hydrogen-bond acceptors (Lipinski definition) is 3. The summed E-state index contributed by atoms with van der Waals surface area (Å²) in [5.74, 6) is 0.495. The van der Waals surface area contributed by atoms with Crippen LogP contribution >= 0.6 is 27.5 Å². The molecule has 0 aromatic heterocycles. The van der Waals surface area contributed by atoms with Crippen molar-refractivity contribution in [3.8, 4) is 0 Å². The van der Waals surface area contributed by atoms with Crippen LogP contribution < -0.4 is 5.32 Å². The molecule has 0 spiro atoms. The van der Waals surface area contributed by atoms with Gasteiger partial charge in [0.15, 0.2) is 0 Å². The Morgan fingerprint density at radius 1 is 1.53 bits per heavy atom. The van der Waals surface area contributed by atoms with Crippen LogP contribution in [0, 0.1) is 5.92 Å². The molecule has 2 rings (SSSR count). The Morgan fingerprint density at radius 3 is 3.11 bits per heavy atom. The predicted molar refractivity (Wildman–Crippen MR) is 80.7 cm³/mol. The fourth-order valence-corrected chi connectivity index (χ4v) is 3.29. The van der Waals surface area contributed by atoms with Gasteiger partial charge in [-0.2, -0.15) is 0 Å². The molecule has 3 nitrogen and oxygen atoms in total. The van der Waals surface area contributed by atoms with Crippen LogP contribution in [-0.2, 0) is 9.47 Å². The molecule has 0 amide bonds. The quantitative estimate of drug-likeness (QED) is 0.799. The molecule has 0 aliphatic carbocycles. The highest BCUT2D eigenvalue weighted by Gasteiger charge is 2.30. The highest BCUT2D eigenvalue weighted by molar-refractivity contribution is 9.10. The molecule has 0 radical (unpaired) electrons. The van der Waals surface area contributed by atoms with Gasteiger partial charge in [0.1, 0.15) is 0 Å². The smallest absolute Gasteiger partial charge is 0.0876 e. The number of halogens is 2. The van der Waals surface area contributed by atoms with Crippen molar-refractivity contribution in [2.45, 2.75) is 12.5 Å². The summed E-state index contributed by atoms with van der Waals surface area (Å²) in [6, 6.07) is 5.89. The van der Waals surface area contributed by atoms with Crippen LogP contribution in [0.3, 0.4) is 0 Å². The van der Waals surface area contributed by atoms with Gasteiger partial charge in [-0.15, -0.1) is 0 Å². The summed E-state index contributed by atoms with van der Waals surface area (Å²) >= 11 is 9.55. The Morgan fingerprint density at radius 2 is 2.37 bits per heavy atom. The minimum atomic E-state index is 0.140. The van der Waals surface area contributed by atoms with Gasteiger partial charge in [0.2, 0.25) is 0 Å². The molecule has 0 bridgehead atoms. The Labute approximate surface area is 127 Å². The van der Waals surface area contributed by atoms with Crippen molar-refractivity contribution in [2.24, 2.45) is 5.92 Å². The highest BCUT2D eigenvalue weighted by Crippen LogP contribution is 2.38. The first-order chi connectivity index (χ1) is 9.22. The van der Waals surface area contributed by atoms with Crippen LogP contribution in [0.4, 0.5) is 0 Å². The third-order valence-corrected chi connectivity index (χ3v) is 4.29. The van der Waals surface area contributed by atoms with Gasteiger partial charge < -0.3 is 14.8 Å². The van der Waals surface area contributed by atoms with E-state index in [0.717, 1.165) is 42.2 Å². The number of nitrogens with one attached hydrogen (secondary N) is 1. The van der Waals surface area contributed by atoms with Gasteiger partial charge in [-0.3, -0.25) is 0 Å². The molecule has 1 fully saturated rings. The molecule has 2 atom stereocenters. The van der Waals surface area contributed by atoms with Crippen molar-refractivity contribution in [3.05, 3.63) is 33.3 Å². The summed E-state index contributed by atoms with van der Waals surface area (Å²) in [6.07, 6.45) is 1.22. The molecule has 19 heavy (non-hydrogen) atoms. The zero-order valence-corrected chi connectivity index (χ0v) is 13.3. The minimum absolute atomic E-state index is 0.140. The standard InChI is InChI=1S/C14H19BrClNO2/c1-18-7-5-17-9-10-4-6-19-14(10)12-3-2-11(16)8-13(12)15/h2-3,8,10,14,17H,4-7,9H2,1H3. The molecule has 1 saturated heterocycles. The topological polar surface area (TPSA) is 30.5 Å². The normalized spacial score (nSPS) is 22.9. The number of rotatable bonds is 6. The molecule has 1 aromatic carbocycles. The van der Waals surface area contributed by atoms with Crippen molar-refractivity contribution in [1.82, 2.24) is 5.32 Å². The van der Waals surface area contributed by atoms with Gasteiger partial charge in [0, 0.05) is 42.2 Å². The first-order valence-electron chi connectivity index (χ1n) is 6.48. The van der Waals surface area contributed by atoms with Gasteiger partial charge in [0.25, 0.3) is 0 Å². The first-order valence-corrected chi connectivity index (χ1v) is 7.65. The minimum Gasteiger partial charge on any atom is -0.383 e. The van der Waals surface area contributed by atoms with E-state index < -0.39 is 0 Å². The fourth-order valence-electron chi connectivity index (χ4n) is 2.38. The van der Waals surface area contributed by atoms with Crippen molar-refractivity contribution >= 4 is 27.5 Å². The predicted octanol–water partition coefficient (Wildman–Crippen LogP) is 3.42. The Bertz CT molecular complexity index is 416. The summed E-state index contributed by atoms with van der Waals surface area (Å²) in [5, 5.41) is 4.15. The maximum absolute atomic E-state index is 5.98. The summed E-state index contributed by atoms with van der Waals surface area (Å²) in [4.78, 5) is 0. The molecule has 5 heteroatoms. The zero-order valence-electron chi connectivity index (χ0n) is 11.0. The molecule has 0 saturated carbocycles. The van der Waals surface area contributed by atoms with Crippen molar-refractivity contribution in [3.63, 3.8) is 0 Å². The maximum Gasteiger partial charge on any atom is 0.0876 e. The molecule has 1 aliphatic rings. The molecule has 1 aromatic rings. The third-order valence-electron chi connectivity index (χ3n) is 3.37. The number of hydrogen-bond donors (Lipinski definition) is 1. The lowest BCUT2D eigenvalue weighted by atomic mass is 9.95. The first kappa shape index (κ1) is 15.3. The third kappa shape index (κ3) is 4.17. The van der Waals surface area contributed by atoms with Crippen LogP contribution in [-0.4, -0.2) is 33.4 Å². The highest BCUT2D eigenvalue weighted by atomic mass is 79.9. The van der Waals surface area contributed by atoms with Gasteiger partial charge in [-0.05, 0) is 24.1 Å². The van der Waals surface area contributed by atoms with Gasteiger partial charge in [0.05, 0.1) is 12.7 Å². The summed E-state index contributed by atoms with van der Waals surface area (Å²) in [6.45, 7) is 3.38. The van der Waals surface area contributed by atoms with E-state index in [1.165, 1.54) is 5.56 Å². The molecule has 1 aliphatic heterocycles. The van der Waals surface area contributed by atoms with E-state index in [0.29, 0.717) is 5.92 Å².